The van der Waals surface area contributed by atoms with Gasteiger partial charge in [0.1, 0.15) is 0 Å². The van der Waals surface area contributed by atoms with E-state index >= 15 is 0 Å². The molecule has 0 heterocycles. The van der Waals surface area contributed by atoms with Gasteiger partial charge in [-0.1, -0.05) is 23.7 Å². The molecule has 6 heteroatoms. The number of rotatable bonds is 2. The molecule has 0 aromatic heterocycles. The molecule has 0 aliphatic carbocycles. The van der Waals surface area contributed by atoms with Crippen molar-refractivity contribution >= 4 is 17.3 Å². The summed E-state index contributed by atoms with van der Waals surface area (Å²) < 4.78 is 47.8. The van der Waals surface area contributed by atoms with Crippen molar-refractivity contribution in [1.29, 1.82) is 0 Å². The minimum absolute atomic E-state index is 0.0411. The van der Waals surface area contributed by atoms with Crippen LogP contribution in [0.15, 0.2) is 24.3 Å². The van der Waals surface area contributed by atoms with Gasteiger partial charge in [0, 0.05) is 0 Å². The lowest BCUT2D eigenvalue weighted by atomic mass is 10.3. The van der Waals surface area contributed by atoms with Crippen molar-refractivity contribution in [3.8, 4) is 0 Å². The number of benzene rings is 1. The van der Waals surface area contributed by atoms with Gasteiger partial charge in [-0.3, -0.25) is 0 Å². The average Bonchev–Trinajstić information content (AvgIpc) is 2.07. The summed E-state index contributed by atoms with van der Waals surface area (Å²) >= 11 is 5.52. The van der Waals surface area contributed by atoms with E-state index in [1.54, 1.807) is 5.32 Å². The molecule has 0 aliphatic heterocycles. The SMILES string of the molecule is FC(Nc1ccccc1Cl)C(F)(F)F. The minimum Gasteiger partial charge on any atom is -0.347 e. The molecule has 1 aromatic carbocycles. The van der Waals surface area contributed by atoms with Crippen LogP contribution in [0, 0.1) is 0 Å². The number of nitrogens with one attached hydrogen (secondary N) is 1. The Morgan fingerprint density at radius 2 is 1.79 bits per heavy atom. The number of alkyl halides is 4. The maximum atomic E-state index is 12.5. The van der Waals surface area contributed by atoms with E-state index in [2.05, 4.69) is 0 Å². The van der Waals surface area contributed by atoms with Gasteiger partial charge in [0.2, 0.25) is 0 Å². The van der Waals surface area contributed by atoms with Crippen LogP contribution in [0.2, 0.25) is 5.02 Å². The van der Waals surface area contributed by atoms with Gasteiger partial charge in [0.05, 0.1) is 10.7 Å². The first kappa shape index (κ1) is 11.1. The predicted octanol–water partition coefficient (Wildman–Crippen LogP) is 3.61. The first-order valence-electron chi connectivity index (χ1n) is 3.63. The topological polar surface area (TPSA) is 12.0 Å². The highest BCUT2D eigenvalue weighted by molar-refractivity contribution is 6.33. The molecular weight excluding hydrogens is 222 g/mol. The Bertz CT molecular complexity index is 312. The Labute approximate surface area is 82.7 Å². The number of hydrogen-bond donors (Lipinski definition) is 1. The molecule has 1 aromatic rings. The second-order valence-electron chi connectivity index (χ2n) is 2.53. The molecule has 14 heavy (non-hydrogen) atoms. The number of para-hydroxylation sites is 1. The third-order valence-corrected chi connectivity index (χ3v) is 1.77. The number of anilines is 1. The average molecular weight is 228 g/mol. The summed E-state index contributed by atoms with van der Waals surface area (Å²) in [6, 6.07) is 5.62. The molecule has 0 fully saturated rings. The van der Waals surface area contributed by atoms with Crippen LogP contribution in [0.4, 0.5) is 23.2 Å². The van der Waals surface area contributed by atoms with Gasteiger partial charge in [0.25, 0.3) is 6.30 Å². The van der Waals surface area contributed by atoms with Gasteiger partial charge in [-0.05, 0) is 12.1 Å². The molecule has 0 amide bonds. The van der Waals surface area contributed by atoms with Crippen molar-refractivity contribution in [2.45, 2.75) is 12.5 Å². The summed E-state index contributed by atoms with van der Waals surface area (Å²) in [7, 11) is 0. The van der Waals surface area contributed by atoms with E-state index in [1.807, 2.05) is 0 Å². The van der Waals surface area contributed by atoms with Crippen LogP contribution in [0.5, 0.6) is 0 Å². The van der Waals surface area contributed by atoms with Gasteiger partial charge in [0.15, 0.2) is 0 Å². The van der Waals surface area contributed by atoms with E-state index in [0.29, 0.717) is 0 Å². The summed E-state index contributed by atoms with van der Waals surface area (Å²) in [5, 5.41) is 1.67. The van der Waals surface area contributed by atoms with Crippen molar-refractivity contribution < 1.29 is 17.6 Å². The predicted molar refractivity (Wildman–Crippen MR) is 46.0 cm³/mol. The molecule has 0 spiro atoms. The summed E-state index contributed by atoms with van der Waals surface area (Å²) in [4.78, 5) is 0. The Morgan fingerprint density at radius 1 is 1.21 bits per heavy atom. The summed E-state index contributed by atoms with van der Waals surface area (Å²) in [6.07, 6.45) is -8.04. The molecule has 78 valence electrons. The Balaban J connectivity index is 2.75. The highest BCUT2D eigenvalue weighted by Crippen LogP contribution is 2.27. The van der Waals surface area contributed by atoms with E-state index in [0.717, 1.165) is 0 Å². The molecule has 1 atom stereocenters. The maximum absolute atomic E-state index is 12.5. The molecule has 1 nitrogen and oxygen atoms in total. The standard InChI is InChI=1S/C8H6ClF4N/c9-5-3-1-2-4-6(5)14-7(10)8(11,12)13/h1-4,7,14H. The van der Waals surface area contributed by atoms with Gasteiger partial charge in [-0.25, -0.2) is 4.39 Å². The Morgan fingerprint density at radius 3 is 2.29 bits per heavy atom. The van der Waals surface area contributed by atoms with Gasteiger partial charge in [-0.15, -0.1) is 0 Å². The zero-order chi connectivity index (χ0) is 10.8. The molecule has 0 radical (unpaired) electrons. The summed E-state index contributed by atoms with van der Waals surface area (Å²) in [5.74, 6) is 0. The van der Waals surface area contributed by atoms with Gasteiger partial charge in [-0.2, -0.15) is 13.2 Å². The highest BCUT2D eigenvalue weighted by Gasteiger charge is 2.40. The quantitative estimate of drug-likeness (QED) is 0.601. The van der Waals surface area contributed by atoms with Gasteiger partial charge >= 0.3 is 6.18 Å². The van der Waals surface area contributed by atoms with Crippen molar-refractivity contribution in [3.05, 3.63) is 29.3 Å². The fraction of sp³-hybridized carbons (Fsp3) is 0.250. The second kappa shape index (κ2) is 4.04. The first-order valence-corrected chi connectivity index (χ1v) is 4.01. The fourth-order valence-corrected chi connectivity index (χ4v) is 0.987. The smallest absolute Gasteiger partial charge is 0.347 e. The van der Waals surface area contributed by atoms with E-state index in [-0.39, 0.29) is 10.7 Å². The van der Waals surface area contributed by atoms with Crippen LogP contribution in [-0.2, 0) is 0 Å². The molecule has 1 unspecified atom stereocenters. The highest BCUT2D eigenvalue weighted by atomic mass is 35.5. The molecular formula is C8H6ClF4N. The van der Waals surface area contributed by atoms with Crippen LogP contribution in [0.1, 0.15) is 0 Å². The van der Waals surface area contributed by atoms with E-state index in [4.69, 9.17) is 11.6 Å². The lowest BCUT2D eigenvalue weighted by molar-refractivity contribution is -0.171. The van der Waals surface area contributed by atoms with Crippen molar-refractivity contribution in [2.75, 3.05) is 5.32 Å². The molecule has 1 rings (SSSR count). The van der Waals surface area contributed by atoms with E-state index in [1.165, 1.54) is 24.3 Å². The van der Waals surface area contributed by atoms with Crippen LogP contribution in [0.25, 0.3) is 0 Å². The molecule has 0 aliphatic rings. The molecule has 0 saturated heterocycles. The lowest BCUT2D eigenvalue weighted by Crippen LogP contribution is -2.31. The largest absolute Gasteiger partial charge is 0.438 e. The number of halogens is 5. The van der Waals surface area contributed by atoms with E-state index in [9.17, 15) is 17.6 Å². The van der Waals surface area contributed by atoms with Crippen molar-refractivity contribution in [2.24, 2.45) is 0 Å². The lowest BCUT2D eigenvalue weighted by Gasteiger charge is -2.15. The second-order valence-corrected chi connectivity index (χ2v) is 2.94. The van der Waals surface area contributed by atoms with Crippen LogP contribution in [0.3, 0.4) is 0 Å². The molecule has 1 N–H and O–H groups in total. The maximum Gasteiger partial charge on any atom is 0.438 e. The Kier molecular flexibility index (Phi) is 3.21. The molecule has 0 bridgehead atoms. The van der Waals surface area contributed by atoms with Gasteiger partial charge < -0.3 is 5.32 Å². The first-order chi connectivity index (χ1) is 6.41. The van der Waals surface area contributed by atoms with Crippen LogP contribution >= 0.6 is 11.6 Å². The van der Waals surface area contributed by atoms with Crippen LogP contribution in [-0.4, -0.2) is 12.5 Å². The monoisotopic (exact) mass is 227 g/mol. The van der Waals surface area contributed by atoms with Crippen molar-refractivity contribution in [1.82, 2.24) is 0 Å². The third-order valence-electron chi connectivity index (χ3n) is 1.44. The minimum atomic E-state index is -4.93. The Hall–Kier alpha value is -0.970. The normalized spacial score (nSPS) is 13.8. The summed E-state index contributed by atoms with van der Waals surface area (Å²) in [5.41, 5.74) is -0.0843. The third kappa shape index (κ3) is 2.77. The van der Waals surface area contributed by atoms with E-state index < -0.39 is 12.5 Å². The fourth-order valence-electron chi connectivity index (χ4n) is 0.797. The summed E-state index contributed by atoms with van der Waals surface area (Å²) in [6.45, 7) is 0. The van der Waals surface area contributed by atoms with Crippen molar-refractivity contribution in [3.63, 3.8) is 0 Å². The molecule has 0 saturated carbocycles. The van der Waals surface area contributed by atoms with Crippen LogP contribution < -0.4 is 5.32 Å². The number of hydrogen-bond acceptors (Lipinski definition) is 1. The zero-order valence-electron chi connectivity index (χ0n) is 6.78. The zero-order valence-corrected chi connectivity index (χ0v) is 7.53.